The minimum Gasteiger partial charge on any atom is -0.482 e. The van der Waals surface area contributed by atoms with Crippen molar-refractivity contribution in [2.45, 2.75) is 31.9 Å². The molecule has 0 saturated carbocycles. The summed E-state index contributed by atoms with van der Waals surface area (Å²) < 4.78 is 54.0. The molecule has 0 aromatic heterocycles. The molecule has 1 amide bonds. The summed E-state index contributed by atoms with van der Waals surface area (Å²) in [4.78, 5) is 22.0. The van der Waals surface area contributed by atoms with Crippen molar-refractivity contribution in [3.05, 3.63) is 24.0 Å². The van der Waals surface area contributed by atoms with Crippen molar-refractivity contribution in [2.24, 2.45) is 0 Å². The van der Waals surface area contributed by atoms with Crippen LogP contribution in [0.3, 0.4) is 0 Å². The normalized spacial score (nSPS) is 11.1. The van der Waals surface area contributed by atoms with Gasteiger partial charge in [-0.15, -0.1) is 0 Å². The van der Waals surface area contributed by atoms with Gasteiger partial charge in [0, 0.05) is 18.9 Å². The third kappa shape index (κ3) is 8.03. The highest BCUT2D eigenvalue weighted by Crippen LogP contribution is 2.27. The fourth-order valence-corrected chi connectivity index (χ4v) is 1.65. The highest BCUT2D eigenvalue weighted by molar-refractivity contribution is 5.92. The third-order valence-electron chi connectivity index (χ3n) is 2.65. The first-order valence-electron chi connectivity index (χ1n) is 6.68. The minimum absolute atomic E-state index is 0.0105. The molecule has 9 heteroatoms. The van der Waals surface area contributed by atoms with Gasteiger partial charge in [0.1, 0.15) is 11.6 Å². The van der Waals surface area contributed by atoms with Crippen LogP contribution in [0.15, 0.2) is 18.2 Å². The Morgan fingerprint density at radius 2 is 1.83 bits per heavy atom. The van der Waals surface area contributed by atoms with Gasteiger partial charge in [0.15, 0.2) is 6.61 Å². The molecular weight excluding hydrogens is 322 g/mol. The molecule has 0 fully saturated rings. The molecule has 0 aliphatic rings. The Morgan fingerprint density at radius 3 is 2.43 bits per heavy atom. The summed E-state index contributed by atoms with van der Waals surface area (Å²) in [6.45, 7) is -1.61. The lowest BCUT2D eigenvalue weighted by atomic mass is 10.2. The lowest BCUT2D eigenvalue weighted by Gasteiger charge is -2.14. The average molecular weight is 337 g/mol. The number of carbonyl (C=O) groups excluding carboxylic acids is 1. The Hall–Kier alpha value is -2.32. The maximum Gasteiger partial charge on any atom is 0.422 e. The Labute approximate surface area is 129 Å². The zero-order chi connectivity index (χ0) is 17.5. The van der Waals surface area contributed by atoms with E-state index in [-0.39, 0.29) is 18.5 Å². The lowest BCUT2D eigenvalue weighted by molar-refractivity contribution is -0.153. The van der Waals surface area contributed by atoms with Crippen LogP contribution in [0.2, 0.25) is 0 Å². The maximum atomic E-state index is 13.1. The van der Waals surface area contributed by atoms with Crippen LogP contribution >= 0.6 is 0 Å². The van der Waals surface area contributed by atoms with E-state index in [9.17, 15) is 27.2 Å². The molecule has 1 aromatic rings. The number of nitrogens with one attached hydrogen (secondary N) is 1. The quantitative estimate of drug-likeness (QED) is 0.563. The van der Waals surface area contributed by atoms with Gasteiger partial charge < -0.3 is 15.2 Å². The summed E-state index contributed by atoms with van der Waals surface area (Å²) in [5.41, 5.74) is -0.0844. The fourth-order valence-electron chi connectivity index (χ4n) is 1.65. The average Bonchev–Trinajstić information content (AvgIpc) is 2.43. The van der Waals surface area contributed by atoms with Crippen LogP contribution in [0.1, 0.15) is 25.7 Å². The number of unbranched alkanes of at least 4 members (excludes halogenated alkanes) is 1. The summed E-state index contributed by atoms with van der Waals surface area (Å²) in [5.74, 6) is -2.74. The van der Waals surface area contributed by atoms with Crippen LogP contribution < -0.4 is 10.1 Å². The van der Waals surface area contributed by atoms with Crippen LogP contribution in [-0.4, -0.2) is 29.8 Å². The predicted octanol–water partition coefficient (Wildman–Crippen LogP) is 3.35. The van der Waals surface area contributed by atoms with Crippen LogP contribution in [0.4, 0.5) is 23.2 Å². The number of carbonyl (C=O) groups is 2. The summed E-state index contributed by atoms with van der Waals surface area (Å²) >= 11 is 0. The molecule has 1 aromatic carbocycles. The summed E-state index contributed by atoms with van der Waals surface area (Å²) in [6, 6.07) is 2.81. The first kappa shape index (κ1) is 18.7. The third-order valence-corrected chi connectivity index (χ3v) is 2.65. The second-order valence-corrected chi connectivity index (χ2v) is 4.69. The van der Waals surface area contributed by atoms with Crippen molar-refractivity contribution in [1.82, 2.24) is 0 Å². The first-order valence-corrected chi connectivity index (χ1v) is 6.68. The van der Waals surface area contributed by atoms with Gasteiger partial charge in [-0.05, 0) is 25.0 Å². The van der Waals surface area contributed by atoms with E-state index in [2.05, 4.69) is 10.1 Å². The summed E-state index contributed by atoms with van der Waals surface area (Å²) in [5, 5.41) is 10.8. The first-order chi connectivity index (χ1) is 10.7. The standard InChI is InChI=1S/C14H15F4NO4/c15-9-5-6-10(11(7-9)23-8-14(16,17)18)19-12(20)3-1-2-4-13(21)22/h5-7H,1-4,8H2,(H,19,20)(H,21,22). The van der Waals surface area contributed by atoms with E-state index >= 15 is 0 Å². The van der Waals surface area contributed by atoms with Gasteiger partial charge >= 0.3 is 12.1 Å². The Morgan fingerprint density at radius 1 is 1.17 bits per heavy atom. The van der Waals surface area contributed by atoms with Crippen LogP contribution in [0.5, 0.6) is 5.75 Å². The Balaban J connectivity index is 2.61. The second kappa shape index (κ2) is 8.35. The number of carboxylic acids is 1. The van der Waals surface area contributed by atoms with Crippen molar-refractivity contribution in [3.63, 3.8) is 0 Å². The van der Waals surface area contributed by atoms with Crippen molar-refractivity contribution < 1.29 is 37.0 Å². The van der Waals surface area contributed by atoms with Crippen molar-refractivity contribution in [1.29, 1.82) is 0 Å². The highest BCUT2D eigenvalue weighted by Gasteiger charge is 2.29. The van der Waals surface area contributed by atoms with Gasteiger partial charge in [0.2, 0.25) is 5.91 Å². The van der Waals surface area contributed by atoms with E-state index in [4.69, 9.17) is 5.11 Å². The van der Waals surface area contributed by atoms with Crippen LogP contribution in [-0.2, 0) is 9.59 Å². The van der Waals surface area contributed by atoms with E-state index < -0.39 is 36.2 Å². The van der Waals surface area contributed by atoms with Crippen LogP contribution in [0, 0.1) is 5.82 Å². The number of amides is 1. The predicted molar refractivity (Wildman–Crippen MR) is 72.7 cm³/mol. The molecule has 0 atom stereocenters. The zero-order valence-corrected chi connectivity index (χ0v) is 12.0. The van der Waals surface area contributed by atoms with Crippen molar-refractivity contribution in [2.75, 3.05) is 11.9 Å². The molecule has 0 spiro atoms. The molecule has 0 heterocycles. The molecule has 128 valence electrons. The summed E-state index contributed by atoms with van der Waals surface area (Å²) in [6.07, 6.45) is -4.08. The maximum absolute atomic E-state index is 13.1. The topological polar surface area (TPSA) is 75.6 Å². The SMILES string of the molecule is O=C(O)CCCCC(=O)Nc1ccc(F)cc1OCC(F)(F)F. The number of anilines is 1. The van der Waals surface area contributed by atoms with Gasteiger partial charge in [-0.3, -0.25) is 9.59 Å². The van der Waals surface area contributed by atoms with Gasteiger partial charge in [0.25, 0.3) is 0 Å². The second-order valence-electron chi connectivity index (χ2n) is 4.69. The molecule has 5 nitrogen and oxygen atoms in total. The Kier molecular flexibility index (Phi) is 6.80. The van der Waals surface area contributed by atoms with E-state index in [0.29, 0.717) is 12.8 Å². The number of hydrogen-bond acceptors (Lipinski definition) is 3. The number of benzene rings is 1. The number of aliphatic carboxylic acids is 1. The number of carboxylic acid groups (broad SMARTS) is 1. The van der Waals surface area contributed by atoms with E-state index in [1.807, 2.05) is 0 Å². The van der Waals surface area contributed by atoms with E-state index in [1.54, 1.807) is 0 Å². The molecule has 1 rings (SSSR count). The monoisotopic (exact) mass is 337 g/mol. The smallest absolute Gasteiger partial charge is 0.422 e. The molecule has 0 radical (unpaired) electrons. The molecule has 0 bridgehead atoms. The van der Waals surface area contributed by atoms with Crippen molar-refractivity contribution in [3.8, 4) is 5.75 Å². The fraction of sp³-hybridized carbons (Fsp3) is 0.429. The Bertz CT molecular complexity index is 560. The van der Waals surface area contributed by atoms with Gasteiger partial charge in [-0.2, -0.15) is 13.2 Å². The number of alkyl halides is 3. The highest BCUT2D eigenvalue weighted by atomic mass is 19.4. The molecule has 0 aliphatic carbocycles. The number of hydrogen-bond donors (Lipinski definition) is 2. The molecule has 0 aliphatic heterocycles. The van der Waals surface area contributed by atoms with Gasteiger partial charge in [-0.25, -0.2) is 4.39 Å². The minimum atomic E-state index is -4.59. The van der Waals surface area contributed by atoms with E-state index in [0.717, 1.165) is 18.2 Å². The molecular formula is C14H15F4NO4. The summed E-state index contributed by atoms with van der Waals surface area (Å²) in [7, 11) is 0. The van der Waals surface area contributed by atoms with Crippen LogP contribution in [0.25, 0.3) is 0 Å². The largest absolute Gasteiger partial charge is 0.482 e. The molecule has 0 saturated heterocycles. The number of rotatable bonds is 8. The van der Waals surface area contributed by atoms with Crippen molar-refractivity contribution >= 4 is 17.6 Å². The number of ether oxygens (including phenoxy) is 1. The van der Waals surface area contributed by atoms with Gasteiger partial charge in [-0.1, -0.05) is 0 Å². The molecule has 2 N–H and O–H groups in total. The zero-order valence-electron chi connectivity index (χ0n) is 12.0. The van der Waals surface area contributed by atoms with E-state index in [1.165, 1.54) is 0 Å². The lowest BCUT2D eigenvalue weighted by Crippen LogP contribution is -2.20. The molecule has 0 unspecified atom stereocenters. The molecule has 23 heavy (non-hydrogen) atoms. The van der Waals surface area contributed by atoms with Gasteiger partial charge in [0.05, 0.1) is 5.69 Å². The number of halogens is 4.